The largest absolute Gasteiger partial charge is 0.351 e. The summed E-state index contributed by atoms with van der Waals surface area (Å²) in [6.07, 6.45) is 0. The second kappa shape index (κ2) is 8.19. The summed E-state index contributed by atoms with van der Waals surface area (Å²) in [7, 11) is 0. The van der Waals surface area contributed by atoms with Crippen LogP contribution in [0.3, 0.4) is 0 Å². The van der Waals surface area contributed by atoms with Crippen molar-refractivity contribution in [1.82, 2.24) is 9.88 Å². The Morgan fingerprint density at radius 2 is 1.79 bits per heavy atom. The van der Waals surface area contributed by atoms with E-state index < -0.39 is 6.03 Å². The van der Waals surface area contributed by atoms with Crippen LogP contribution in [0.2, 0.25) is 5.02 Å². The normalized spacial score (nSPS) is 10.5. The predicted octanol–water partition coefficient (Wildman–Crippen LogP) is 4.17. The van der Waals surface area contributed by atoms with Gasteiger partial charge in [0.25, 0.3) is 5.91 Å². The summed E-state index contributed by atoms with van der Waals surface area (Å²) < 4.78 is 2.01. The Morgan fingerprint density at radius 1 is 1.07 bits per heavy atom. The van der Waals surface area contributed by atoms with Crippen molar-refractivity contribution in [3.63, 3.8) is 0 Å². The molecule has 7 heteroatoms. The fraction of sp³-hybridized carbons (Fsp3) is 0.143. The van der Waals surface area contributed by atoms with Crippen LogP contribution in [0.1, 0.15) is 27.3 Å². The number of aromatic nitrogens is 1. The van der Waals surface area contributed by atoms with Gasteiger partial charge in [-0.15, -0.1) is 0 Å². The molecule has 3 aromatic rings. The van der Waals surface area contributed by atoms with E-state index in [1.807, 2.05) is 60.9 Å². The van der Waals surface area contributed by atoms with E-state index >= 15 is 0 Å². The molecule has 0 saturated carbocycles. The van der Waals surface area contributed by atoms with Gasteiger partial charge < -0.3 is 20.9 Å². The Morgan fingerprint density at radius 3 is 2.43 bits per heavy atom. The number of anilines is 1. The van der Waals surface area contributed by atoms with E-state index in [9.17, 15) is 9.59 Å². The topological polar surface area (TPSA) is 89.2 Å². The quantitative estimate of drug-likeness (QED) is 0.604. The first-order valence-electron chi connectivity index (χ1n) is 8.73. The molecule has 0 aliphatic rings. The molecule has 0 atom stereocenters. The summed E-state index contributed by atoms with van der Waals surface area (Å²) >= 11 is 6.10. The second-order valence-electron chi connectivity index (χ2n) is 6.47. The highest BCUT2D eigenvalue weighted by Crippen LogP contribution is 2.23. The summed E-state index contributed by atoms with van der Waals surface area (Å²) in [5, 5.41) is 6.07. The molecule has 0 fully saturated rings. The van der Waals surface area contributed by atoms with Crippen LogP contribution in [0.5, 0.6) is 0 Å². The fourth-order valence-corrected chi connectivity index (χ4v) is 3.32. The smallest absolute Gasteiger partial charge is 0.316 e. The number of carbonyl (C=O) groups excluding carboxylic acids is 2. The second-order valence-corrected chi connectivity index (χ2v) is 6.91. The lowest BCUT2D eigenvalue weighted by atomic mass is 10.2. The maximum atomic E-state index is 12.7. The highest BCUT2D eigenvalue weighted by Gasteiger charge is 2.16. The van der Waals surface area contributed by atoms with Crippen LogP contribution in [-0.4, -0.2) is 16.5 Å². The minimum absolute atomic E-state index is 0.152. The van der Waals surface area contributed by atoms with E-state index in [0.29, 0.717) is 22.8 Å². The maximum absolute atomic E-state index is 12.7. The molecule has 0 spiro atoms. The number of nitrogens with zero attached hydrogens (tertiary/aromatic N) is 1. The van der Waals surface area contributed by atoms with Crippen LogP contribution < -0.4 is 16.4 Å². The number of hydrogen-bond donors (Lipinski definition) is 3. The molecule has 144 valence electrons. The highest BCUT2D eigenvalue weighted by atomic mass is 35.5. The minimum Gasteiger partial charge on any atom is -0.351 e. The van der Waals surface area contributed by atoms with E-state index in [1.165, 1.54) is 0 Å². The summed E-state index contributed by atoms with van der Waals surface area (Å²) in [6.45, 7) is 4.23. The van der Waals surface area contributed by atoms with Gasteiger partial charge in [0, 0.05) is 34.3 Å². The first-order valence-corrected chi connectivity index (χ1v) is 9.11. The monoisotopic (exact) mass is 396 g/mol. The zero-order valence-corrected chi connectivity index (χ0v) is 16.4. The van der Waals surface area contributed by atoms with E-state index in [0.717, 1.165) is 22.6 Å². The molecule has 0 aliphatic heterocycles. The van der Waals surface area contributed by atoms with Gasteiger partial charge in [0.2, 0.25) is 0 Å². The van der Waals surface area contributed by atoms with Crippen molar-refractivity contribution in [1.29, 1.82) is 0 Å². The molecule has 0 unspecified atom stereocenters. The Hall–Kier alpha value is -3.25. The molecular weight excluding hydrogens is 376 g/mol. The number of nitrogens with one attached hydrogen (secondary N) is 2. The van der Waals surface area contributed by atoms with Gasteiger partial charge in [0.15, 0.2) is 0 Å². The molecule has 3 amide bonds. The van der Waals surface area contributed by atoms with Gasteiger partial charge in [-0.1, -0.05) is 29.8 Å². The van der Waals surface area contributed by atoms with Crippen LogP contribution in [0, 0.1) is 13.8 Å². The number of amides is 3. The van der Waals surface area contributed by atoms with E-state index in [2.05, 4.69) is 10.6 Å². The van der Waals surface area contributed by atoms with Gasteiger partial charge in [-0.2, -0.15) is 0 Å². The standard InChI is InChI=1S/C21H21ClN4O2/c1-13-10-19(14(2)26(13)18-5-3-4-16(22)11-18)20(27)24-12-15-6-8-17(9-7-15)25-21(23)28/h3-11H,12H2,1-2H3,(H,24,27)(H3,23,25,28). The molecule has 0 bridgehead atoms. The van der Waals surface area contributed by atoms with Gasteiger partial charge in [0.1, 0.15) is 0 Å². The number of nitrogens with two attached hydrogens (primary N) is 1. The SMILES string of the molecule is Cc1cc(C(=O)NCc2ccc(NC(N)=O)cc2)c(C)n1-c1cccc(Cl)c1. The Bertz CT molecular complexity index is 1030. The number of benzene rings is 2. The lowest BCUT2D eigenvalue weighted by Crippen LogP contribution is -2.23. The third-order valence-corrected chi connectivity index (χ3v) is 4.65. The molecule has 0 saturated heterocycles. The number of halogens is 1. The maximum Gasteiger partial charge on any atom is 0.316 e. The molecule has 3 rings (SSSR count). The van der Waals surface area contributed by atoms with E-state index in [-0.39, 0.29) is 5.91 Å². The van der Waals surface area contributed by atoms with Gasteiger partial charge in [-0.3, -0.25) is 4.79 Å². The zero-order chi connectivity index (χ0) is 20.3. The van der Waals surface area contributed by atoms with Gasteiger partial charge in [-0.05, 0) is 55.8 Å². The average Bonchev–Trinajstić information content (AvgIpc) is 2.95. The lowest BCUT2D eigenvalue weighted by Gasteiger charge is -2.11. The van der Waals surface area contributed by atoms with Crippen LogP contribution in [0.15, 0.2) is 54.6 Å². The number of urea groups is 1. The third-order valence-electron chi connectivity index (χ3n) is 4.42. The third kappa shape index (κ3) is 4.35. The number of aryl methyl sites for hydroxylation is 1. The summed E-state index contributed by atoms with van der Waals surface area (Å²) in [5.74, 6) is -0.152. The number of rotatable bonds is 5. The minimum atomic E-state index is -0.615. The van der Waals surface area contributed by atoms with Crippen molar-refractivity contribution >= 4 is 29.2 Å². The zero-order valence-electron chi connectivity index (χ0n) is 15.6. The number of carbonyl (C=O) groups is 2. The molecule has 28 heavy (non-hydrogen) atoms. The van der Waals surface area contributed by atoms with Crippen molar-refractivity contribution in [2.24, 2.45) is 5.73 Å². The Labute approximate surface area is 168 Å². The van der Waals surface area contributed by atoms with E-state index in [4.69, 9.17) is 17.3 Å². The Kier molecular flexibility index (Phi) is 5.70. The fourth-order valence-electron chi connectivity index (χ4n) is 3.13. The molecule has 1 aromatic heterocycles. The van der Waals surface area contributed by atoms with Gasteiger partial charge >= 0.3 is 6.03 Å². The summed E-state index contributed by atoms with van der Waals surface area (Å²) in [4.78, 5) is 23.5. The van der Waals surface area contributed by atoms with Crippen LogP contribution in [-0.2, 0) is 6.54 Å². The van der Waals surface area contributed by atoms with Crippen molar-refractivity contribution in [2.75, 3.05) is 5.32 Å². The van der Waals surface area contributed by atoms with Gasteiger partial charge in [0.05, 0.1) is 5.56 Å². The summed E-state index contributed by atoms with van der Waals surface area (Å²) in [6, 6.07) is 15.9. The Balaban J connectivity index is 1.73. The lowest BCUT2D eigenvalue weighted by molar-refractivity contribution is 0.0950. The average molecular weight is 397 g/mol. The highest BCUT2D eigenvalue weighted by molar-refractivity contribution is 6.30. The van der Waals surface area contributed by atoms with Crippen molar-refractivity contribution in [2.45, 2.75) is 20.4 Å². The molecule has 0 aliphatic carbocycles. The van der Waals surface area contributed by atoms with Gasteiger partial charge in [-0.25, -0.2) is 4.79 Å². The molecule has 6 nitrogen and oxygen atoms in total. The van der Waals surface area contributed by atoms with Crippen molar-refractivity contribution < 1.29 is 9.59 Å². The van der Waals surface area contributed by atoms with Crippen molar-refractivity contribution in [3.8, 4) is 5.69 Å². The van der Waals surface area contributed by atoms with Crippen LogP contribution >= 0.6 is 11.6 Å². The number of hydrogen-bond acceptors (Lipinski definition) is 2. The molecule has 2 aromatic carbocycles. The predicted molar refractivity (Wildman–Crippen MR) is 111 cm³/mol. The van der Waals surface area contributed by atoms with E-state index in [1.54, 1.807) is 12.1 Å². The number of primary amides is 1. The first-order chi connectivity index (χ1) is 13.3. The molecule has 4 N–H and O–H groups in total. The molecule has 0 radical (unpaired) electrons. The first kappa shape index (κ1) is 19.5. The molecule has 1 heterocycles. The van der Waals surface area contributed by atoms with Crippen molar-refractivity contribution in [3.05, 3.63) is 82.1 Å². The summed E-state index contributed by atoms with van der Waals surface area (Å²) in [5.41, 5.74) is 9.93. The molecular formula is C21H21ClN4O2. The van der Waals surface area contributed by atoms with Crippen LogP contribution in [0.25, 0.3) is 5.69 Å². The van der Waals surface area contributed by atoms with Crippen LogP contribution in [0.4, 0.5) is 10.5 Å².